The standard InChI is InChI=1S/C24H22N2O4/c1-29-18-9-6-7-16(13-18)14-23(27)30-22-15-17-8-2-4-11-20(17)26(24(25)28)21-12-5-3-10-19(21)22/h2-13,22H,14-15H2,1H3,(H2,25,28)/t22-/m1/s1. The van der Waals surface area contributed by atoms with E-state index in [2.05, 4.69) is 0 Å². The van der Waals surface area contributed by atoms with Crippen LogP contribution in [-0.4, -0.2) is 19.1 Å². The molecule has 0 aromatic heterocycles. The van der Waals surface area contributed by atoms with Crippen molar-refractivity contribution in [3.63, 3.8) is 0 Å². The smallest absolute Gasteiger partial charge is 0.323 e. The Morgan fingerprint density at radius 3 is 2.50 bits per heavy atom. The third-order valence-corrected chi connectivity index (χ3v) is 5.14. The monoisotopic (exact) mass is 402 g/mol. The van der Waals surface area contributed by atoms with E-state index in [0.717, 1.165) is 16.7 Å². The molecule has 4 rings (SSSR count). The number of carbonyl (C=O) groups excluding carboxylic acids is 2. The fourth-order valence-corrected chi connectivity index (χ4v) is 3.80. The van der Waals surface area contributed by atoms with Crippen LogP contribution >= 0.6 is 0 Å². The zero-order valence-electron chi connectivity index (χ0n) is 16.6. The number of anilines is 2. The second kappa shape index (κ2) is 8.29. The van der Waals surface area contributed by atoms with Gasteiger partial charge in [0.15, 0.2) is 0 Å². The van der Waals surface area contributed by atoms with Gasteiger partial charge in [-0.3, -0.25) is 9.69 Å². The van der Waals surface area contributed by atoms with Gasteiger partial charge in [0.1, 0.15) is 11.9 Å². The number of nitrogens with zero attached hydrogens (tertiary/aromatic N) is 1. The van der Waals surface area contributed by atoms with Gasteiger partial charge in [-0.15, -0.1) is 0 Å². The van der Waals surface area contributed by atoms with Crippen LogP contribution in [0.1, 0.15) is 22.8 Å². The molecule has 1 aliphatic heterocycles. The number of primary amides is 1. The van der Waals surface area contributed by atoms with Crippen LogP contribution in [0.2, 0.25) is 0 Å². The number of fused-ring (bicyclic) bond motifs is 2. The first kappa shape index (κ1) is 19.5. The van der Waals surface area contributed by atoms with Crippen molar-refractivity contribution in [1.29, 1.82) is 0 Å². The average molecular weight is 402 g/mol. The van der Waals surface area contributed by atoms with E-state index in [1.807, 2.05) is 72.8 Å². The fourth-order valence-electron chi connectivity index (χ4n) is 3.80. The van der Waals surface area contributed by atoms with Crippen molar-refractivity contribution < 1.29 is 19.1 Å². The molecule has 0 saturated carbocycles. The Bertz CT molecular complexity index is 1100. The van der Waals surface area contributed by atoms with Gasteiger partial charge in [0.05, 0.1) is 24.9 Å². The first-order chi connectivity index (χ1) is 14.6. The molecule has 0 fully saturated rings. The predicted molar refractivity (Wildman–Crippen MR) is 114 cm³/mol. The van der Waals surface area contributed by atoms with Gasteiger partial charge in [-0.1, -0.05) is 48.5 Å². The molecule has 6 heteroatoms. The van der Waals surface area contributed by atoms with Crippen LogP contribution in [0, 0.1) is 0 Å². The van der Waals surface area contributed by atoms with Crippen molar-refractivity contribution >= 4 is 23.4 Å². The quantitative estimate of drug-likeness (QED) is 0.660. The number of ether oxygens (including phenoxy) is 2. The molecule has 3 aromatic rings. The van der Waals surface area contributed by atoms with E-state index in [0.29, 0.717) is 23.5 Å². The number of esters is 1. The molecule has 0 aliphatic carbocycles. The highest BCUT2D eigenvalue weighted by molar-refractivity contribution is 6.00. The van der Waals surface area contributed by atoms with Crippen LogP contribution < -0.4 is 15.4 Å². The topological polar surface area (TPSA) is 81.9 Å². The summed E-state index contributed by atoms with van der Waals surface area (Å²) in [4.78, 5) is 26.5. The maximum absolute atomic E-state index is 12.8. The second-order valence-electron chi connectivity index (χ2n) is 7.07. The summed E-state index contributed by atoms with van der Waals surface area (Å²) in [5.74, 6) is 0.333. The van der Waals surface area contributed by atoms with Crippen LogP contribution in [0.25, 0.3) is 0 Å². The van der Waals surface area contributed by atoms with Crippen LogP contribution in [0.15, 0.2) is 72.8 Å². The van der Waals surface area contributed by atoms with E-state index >= 15 is 0 Å². The van der Waals surface area contributed by atoms with Crippen LogP contribution in [0.5, 0.6) is 5.75 Å². The van der Waals surface area contributed by atoms with Gasteiger partial charge in [-0.25, -0.2) is 4.79 Å². The lowest BCUT2D eigenvalue weighted by Crippen LogP contribution is -2.32. The Labute approximate surface area is 174 Å². The summed E-state index contributed by atoms with van der Waals surface area (Å²) in [6, 6.07) is 21.6. The van der Waals surface area contributed by atoms with Gasteiger partial charge in [-0.05, 0) is 35.4 Å². The van der Waals surface area contributed by atoms with E-state index in [-0.39, 0.29) is 12.4 Å². The highest BCUT2D eigenvalue weighted by atomic mass is 16.5. The minimum atomic E-state index is -0.585. The lowest BCUT2D eigenvalue weighted by atomic mass is 10.0. The van der Waals surface area contributed by atoms with Crippen molar-refractivity contribution in [2.75, 3.05) is 12.0 Å². The summed E-state index contributed by atoms with van der Waals surface area (Å²) in [7, 11) is 1.59. The molecular formula is C24H22N2O4. The van der Waals surface area contributed by atoms with Gasteiger partial charge in [0.25, 0.3) is 0 Å². The number of methoxy groups -OCH3 is 1. The molecule has 2 N–H and O–H groups in total. The van der Waals surface area contributed by atoms with Gasteiger partial charge in [0.2, 0.25) is 0 Å². The Morgan fingerprint density at radius 2 is 1.73 bits per heavy atom. The Morgan fingerprint density at radius 1 is 1.00 bits per heavy atom. The van der Waals surface area contributed by atoms with Crippen molar-refractivity contribution in [3.05, 3.63) is 89.5 Å². The number of carbonyl (C=O) groups is 2. The third-order valence-electron chi connectivity index (χ3n) is 5.14. The maximum Gasteiger partial charge on any atom is 0.323 e. The zero-order chi connectivity index (χ0) is 21.1. The van der Waals surface area contributed by atoms with Crippen molar-refractivity contribution in [2.24, 2.45) is 5.73 Å². The van der Waals surface area contributed by atoms with Gasteiger partial charge in [-0.2, -0.15) is 0 Å². The van der Waals surface area contributed by atoms with Crippen LogP contribution in [0.3, 0.4) is 0 Å². The first-order valence-electron chi connectivity index (χ1n) is 9.65. The molecule has 1 heterocycles. The van der Waals surface area contributed by atoms with Gasteiger partial charge < -0.3 is 15.2 Å². The molecule has 0 spiro atoms. The summed E-state index contributed by atoms with van der Waals surface area (Å²) in [6.07, 6.45) is 0.0301. The van der Waals surface area contributed by atoms with E-state index in [4.69, 9.17) is 15.2 Å². The molecule has 0 unspecified atom stereocenters. The summed E-state index contributed by atoms with van der Waals surface area (Å²) in [5.41, 5.74) is 9.46. The molecule has 0 saturated heterocycles. The van der Waals surface area contributed by atoms with E-state index in [1.165, 1.54) is 4.90 Å². The molecule has 2 amide bonds. The maximum atomic E-state index is 12.8. The predicted octanol–water partition coefficient (Wildman–Crippen LogP) is 4.30. The number of nitrogens with two attached hydrogens (primary N) is 1. The highest BCUT2D eigenvalue weighted by Crippen LogP contribution is 2.41. The molecule has 30 heavy (non-hydrogen) atoms. The molecule has 152 valence electrons. The molecular weight excluding hydrogens is 380 g/mol. The molecule has 0 radical (unpaired) electrons. The Balaban J connectivity index is 1.66. The molecule has 3 aromatic carbocycles. The second-order valence-corrected chi connectivity index (χ2v) is 7.07. The van der Waals surface area contributed by atoms with Gasteiger partial charge in [0, 0.05) is 12.0 Å². The third kappa shape index (κ3) is 3.85. The van der Waals surface area contributed by atoms with E-state index < -0.39 is 12.1 Å². The largest absolute Gasteiger partial charge is 0.497 e. The molecule has 6 nitrogen and oxygen atoms in total. The molecule has 0 bridgehead atoms. The summed E-state index contributed by atoms with van der Waals surface area (Å²) >= 11 is 0. The molecule has 1 aliphatic rings. The van der Waals surface area contributed by atoms with Gasteiger partial charge >= 0.3 is 12.0 Å². The lowest BCUT2D eigenvalue weighted by molar-refractivity contribution is -0.148. The lowest BCUT2D eigenvalue weighted by Gasteiger charge is -2.23. The minimum absolute atomic E-state index is 0.122. The van der Waals surface area contributed by atoms with E-state index in [1.54, 1.807) is 7.11 Å². The van der Waals surface area contributed by atoms with Crippen molar-refractivity contribution in [2.45, 2.75) is 18.9 Å². The van der Waals surface area contributed by atoms with Crippen LogP contribution in [-0.2, 0) is 22.4 Å². The number of hydrogen-bond donors (Lipinski definition) is 1. The number of urea groups is 1. The summed E-state index contributed by atoms with van der Waals surface area (Å²) < 4.78 is 11.1. The minimum Gasteiger partial charge on any atom is -0.497 e. The summed E-state index contributed by atoms with van der Waals surface area (Å²) in [5, 5.41) is 0. The number of para-hydroxylation sites is 2. The number of amides is 2. The Kier molecular flexibility index (Phi) is 5.39. The number of benzene rings is 3. The van der Waals surface area contributed by atoms with Crippen molar-refractivity contribution in [3.8, 4) is 5.75 Å². The number of hydrogen-bond acceptors (Lipinski definition) is 4. The van der Waals surface area contributed by atoms with Crippen molar-refractivity contribution in [1.82, 2.24) is 0 Å². The summed E-state index contributed by atoms with van der Waals surface area (Å²) in [6.45, 7) is 0. The van der Waals surface area contributed by atoms with Crippen LogP contribution in [0.4, 0.5) is 16.2 Å². The van der Waals surface area contributed by atoms with E-state index in [9.17, 15) is 9.59 Å². The SMILES string of the molecule is COc1cccc(CC(=O)O[C@@H]2Cc3ccccc3N(C(N)=O)c3ccccc32)c1. The zero-order valence-corrected chi connectivity index (χ0v) is 16.6. The average Bonchev–Trinajstić information content (AvgIpc) is 2.88. The first-order valence-corrected chi connectivity index (χ1v) is 9.65. The molecule has 1 atom stereocenters. The number of rotatable bonds is 4. The fraction of sp³-hybridized carbons (Fsp3) is 0.167. The Hall–Kier alpha value is -3.80. The normalized spacial score (nSPS) is 14.8. The highest BCUT2D eigenvalue weighted by Gasteiger charge is 2.31.